The molecule has 1 aliphatic rings. The number of aromatic amines is 2. The van der Waals surface area contributed by atoms with Crippen molar-refractivity contribution in [2.45, 2.75) is 6.54 Å². The minimum absolute atomic E-state index is 0.549. The molecule has 132 valence electrons. The summed E-state index contributed by atoms with van der Waals surface area (Å²) in [5.41, 5.74) is 11.4. The maximum Gasteiger partial charge on any atom is 0.133 e. The minimum atomic E-state index is 0.549. The second kappa shape index (κ2) is 6.12. The Labute approximate surface area is 150 Å². The highest BCUT2D eigenvalue weighted by Crippen LogP contribution is 2.33. The van der Waals surface area contributed by atoms with E-state index in [1.807, 2.05) is 18.3 Å². The van der Waals surface area contributed by atoms with E-state index in [-0.39, 0.29) is 0 Å². The van der Waals surface area contributed by atoms with Crippen LogP contribution in [-0.2, 0) is 11.3 Å². The van der Waals surface area contributed by atoms with E-state index in [2.05, 4.69) is 37.2 Å². The molecule has 4 heterocycles. The van der Waals surface area contributed by atoms with Crippen LogP contribution >= 0.6 is 0 Å². The number of rotatable bonds is 3. The lowest BCUT2D eigenvalue weighted by Crippen LogP contribution is -2.35. The first-order valence-electron chi connectivity index (χ1n) is 8.78. The molecular formula is C19H20N6O. The molecule has 0 spiro atoms. The number of nitrogens with two attached hydrogens (primary N) is 1. The molecule has 1 aliphatic heterocycles. The van der Waals surface area contributed by atoms with Crippen LogP contribution in [0.25, 0.3) is 33.1 Å². The predicted molar refractivity (Wildman–Crippen MR) is 102 cm³/mol. The first-order valence-corrected chi connectivity index (χ1v) is 8.78. The molecular weight excluding hydrogens is 328 g/mol. The van der Waals surface area contributed by atoms with Gasteiger partial charge in [-0.1, -0.05) is 0 Å². The van der Waals surface area contributed by atoms with Crippen molar-refractivity contribution in [3.8, 4) is 11.3 Å². The van der Waals surface area contributed by atoms with Gasteiger partial charge in [0.1, 0.15) is 5.82 Å². The molecule has 5 rings (SSSR count). The van der Waals surface area contributed by atoms with Gasteiger partial charge in [0.25, 0.3) is 0 Å². The van der Waals surface area contributed by atoms with Gasteiger partial charge in [-0.2, -0.15) is 5.10 Å². The molecule has 3 aromatic heterocycles. The lowest BCUT2D eigenvalue weighted by atomic mass is 10.00. The van der Waals surface area contributed by atoms with Gasteiger partial charge in [0.2, 0.25) is 0 Å². The van der Waals surface area contributed by atoms with Gasteiger partial charge in [-0.05, 0) is 29.8 Å². The Morgan fingerprint density at radius 1 is 1.19 bits per heavy atom. The number of anilines is 1. The zero-order valence-electron chi connectivity index (χ0n) is 14.3. The monoisotopic (exact) mass is 348 g/mol. The number of pyridine rings is 1. The number of H-pyrrole nitrogens is 2. The zero-order chi connectivity index (χ0) is 17.5. The molecule has 4 N–H and O–H groups in total. The van der Waals surface area contributed by atoms with Gasteiger partial charge in [-0.15, -0.1) is 0 Å². The Balaban J connectivity index is 1.73. The number of aromatic nitrogens is 4. The molecule has 1 fully saturated rings. The molecule has 0 radical (unpaired) electrons. The van der Waals surface area contributed by atoms with Gasteiger partial charge >= 0.3 is 0 Å². The molecule has 0 unspecified atom stereocenters. The number of fused-ring (bicyclic) bond motifs is 3. The van der Waals surface area contributed by atoms with E-state index in [1.54, 1.807) is 6.20 Å². The fourth-order valence-corrected chi connectivity index (χ4v) is 3.74. The Morgan fingerprint density at radius 3 is 2.88 bits per heavy atom. The van der Waals surface area contributed by atoms with Crippen molar-refractivity contribution < 1.29 is 4.74 Å². The topological polar surface area (TPSA) is 95.8 Å². The normalized spacial score (nSPS) is 15.8. The minimum Gasteiger partial charge on any atom is -0.383 e. The zero-order valence-corrected chi connectivity index (χ0v) is 14.3. The third-order valence-corrected chi connectivity index (χ3v) is 5.02. The molecule has 0 atom stereocenters. The van der Waals surface area contributed by atoms with E-state index < -0.39 is 0 Å². The summed E-state index contributed by atoms with van der Waals surface area (Å²) < 4.78 is 5.49. The summed E-state index contributed by atoms with van der Waals surface area (Å²) in [6.07, 6.45) is 3.68. The summed E-state index contributed by atoms with van der Waals surface area (Å²) in [6.45, 7) is 4.28. The smallest absolute Gasteiger partial charge is 0.133 e. The molecule has 0 saturated carbocycles. The molecule has 4 aromatic rings. The largest absolute Gasteiger partial charge is 0.383 e. The van der Waals surface area contributed by atoms with Crippen molar-refractivity contribution >= 4 is 27.6 Å². The van der Waals surface area contributed by atoms with Crippen molar-refractivity contribution in [3.05, 3.63) is 42.2 Å². The maximum absolute atomic E-state index is 6.19. The Morgan fingerprint density at radius 2 is 2.08 bits per heavy atom. The van der Waals surface area contributed by atoms with E-state index in [1.165, 1.54) is 5.56 Å². The molecule has 0 aliphatic carbocycles. The number of ether oxygens (including phenoxy) is 1. The van der Waals surface area contributed by atoms with Crippen LogP contribution < -0.4 is 5.73 Å². The number of hydrogen-bond donors (Lipinski definition) is 3. The van der Waals surface area contributed by atoms with Crippen LogP contribution in [0.1, 0.15) is 5.56 Å². The molecule has 1 saturated heterocycles. The van der Waals surface area contributed by atoms with Crippen molar-refractivity contribution in [1.82, 2.24) is 25.1 Å². The van der Waals surface area contributed by atoms with Crippen molar-refractivity contribution in [3.63, 3.8) is 0 Å². The Bertz CT molecular complexity index is 1060. The number of hydrogen-bond acceptors (Lipinski definition) is 5. The second-order valence-corrected chi connectivity index (χ2v) is 6.65. The van der Waals surface area contributed by atoms with Gasteiger partial charge in [0, 0.05) is 48.4 Å². The number of nitrogen functional groups attached to an aromatic ring is 1. The van der Waals surface area contributed by atoms with E-state index in [4.69, 9.17) is 10.5 Å². The summed E-state index contributed by atoms with van der Waals surface area (Å²) in [4.78, 5) is 10.4. The Hall–Kier alpha value is -2.90. The van der Waals surface area contributed by atoms with Crippen molar-refractivity contribution in [2.75, 3.05) is 32.0 Å². The van der Waals surface area contributed by atoms with Gasteiger partial charge in [0.05, 0.1) is 29.9 Å². The average Bonchev–Trinajstić information content (AvgIpc) is 3.34. The lowest BCUT2D eigenvalue weighted by molar-refractivity contribution is 0.0344. The number of morpholine rings is 1. The summed E-state index contributed by atoms with van der Waals surface area (Å²) in [6, 6.07) is 8.25. The number of benzene rings is 1. The Kier molecular flexibility index (Phi) is 3.62. The predicted octanol–water partition coefficient (Wildman–Crippen LogP) is 2.52. The van der Waals surface area contributed by atoms with E-state index in [0.717, 1.165) is 65.9 Å². The molecule has 7 nitrogen and oxygen atoms in total. The van der Waals surface area contributed by atoms with Crippen LogP contribution in [0.4, 0.5) is 5.82 Å². The van der Waals surface area contributed by atoms with Gasteiger partial charge in [-0.3, -0.25) is 10.00 Å². The molecule has 0 bridgehead atoms. The lowest BCUT2D eigenvalue weighted by Gasteiger charge is -2.27. The van der Waals surface area contributed by atoms with Crippen LogP contribution in [0.15, 0.2) is 36.7 Å². The summed E-state index contributed by atoms with van der Waals surface area (Å²) in [5, 5.41) is 9.23. The average molecular weight is 348 g/mol. The molecule has 7 heteroatoms. The van der Waals surface area contributed by atoms with Crippen LogP contribution in [0, 0.1) is 0 Å². The summed E-state index contributed by atoms with van der Waals surface area (Å²) in [7, 11) is 0. The van der Waals surface area contributed by atoms with E-state index in [9.17, 15) is 0 Å². The standard InChI is InChI=1S/C19H20N6O/c20-19-14-1-3-21-18(14)17-13(11-25-5-7-26-8-6-25)9-12(10-16(17)23-19)15-2-4-22-24-15/h1-4,9-10,21H,5-8,11H2,(H2,20,23)(H,22,24). The first kappa shape index (κ1) is 15.4. The molecule has 26 heavy (non-hydrogen) atoms. The van der Waals surface area contributed by atoms with Crippen LogP contribution in [-0.4, -0.2) is 51.4 Å². The highest BCUT2D eigenvalue weighted by atomic mass is 16.5. The number of nitrogens with zero attached hydrogens (tertiary/aromatic N) is 3. The highest BCUT2D eigenvalue weighted by Gasteiger charge is 2.17. The van der Waals surface area contributed by atoms with Gasteiger partial charge in [-0.25, -0.2) is 4.98 Å². The first-order chi connectivity index (χ1) is 12.8. The SMILES string of the molecule is Nc1nc2cc(-c3ccn[nH]3)cc(CN3CCOCC3)c2c2[nH]ccc12. The van der Waals surface area contributed by atoms with Crippen LogP contribution in [0.3, 0.4) is 0 Å². The second-order valence-electron chi connectivity index (χ2n) is 6.65. The highest BCUT2D eigenvalue weighted by molar-refractivity contribution is 6.10. The van der Waals surface area contributed by atoms with Gasteiger partial charge < -0.3 is 15.5 Å². The van der Waals surface area contributed by atoms with Gasteiger partial charge in [0.15, 0.2) is 0 Å². The quantitative estimate of drug-likeness (QED) is 0.529. The fourth-order valence-electron chi connectivity index (χ4n) is 3.74. The van der Waals surface area contributed by atoms with Crippen LogP contribution in [0.5, 0.6) is 0 Å². The van der Waals surface area contributed by atoms with E-state index in [0.29, 0.717) is 5.82 Å². The molecule has 0 amide bonds. The van der Waals surface area contributed by atoms with Crippen molar-refractivity contribution in [1.29, 1.82) is 0 Å². The number of nitrogens with one attached hydrogen (secondary N) is 2. The van der Waals surface area contributed by atoms with E-state index >= 15 is 0 Å². The van der Waals surface area contributed by atoms with Crippen molar-refractivity contribution in [2.24, 2.45) is 0 Å². The summed E-state index contributed by atoms with van der Waals surface area (Å²) >= 11 is 0. The maximum atomic E-state index is 6.19. The fraction of sp³-hybridized carbons (Fsp3) is 0.263. The third kappa shape index (κ3) is 2.53. The summed E-state index contributed by atoms with van der Waals surface area (Å²) in [5.74, 6) is 0.549. The van der Waals surface area contributed by atoms with Crippen LogP contribution in [0.2, 0.25) is 0 Å². The third-order valence-electron chi connectivity index (χ3n) is 5.02. The molecule has 1 aromatic carbocycles.